The number of anilines is 2. The zero-order valence-corrected chi connectivity index (χ0v) is 17.3. The summed E-state index contributed by atoms with van der Waals surface area (Å²) < 4.78 is 23.4. The van der Waals surface area contributed by atoms with Crippen LogP contribution in [0.2, 0.25) is 0 Å². The van der Waals surface area contributed by atoms with Crippen LogP contribution in [0.5, 0.6) is 0 Å². The zero-order valence-electron chi connectivity index (χ0n) is 16.5. The Hall–Kier alpha value is -2.08. The molecule has 1 aliphatic carbocycles. The molecule has 4 rings (SSSR count). The lowest BCUT2D eigenvalue weighted by molar-refractivity contribution is 0.404. The predicted molar refractivity (Wildman–Crippen MR) is 115 cm³/mol. The lowest BCUT2D eigenvalue weighted by Gasteiger charge is -2.32. The van der Waals surface area contributed by atoms with Crippen molar-refractivity contribution < 1.29 is 8.42 Å². The van der Waals surface area contributed by atoms with Crippen molar-refractivity contribution in [3.05, 3.63) is 53.9 Å². The Kier molecular flexibility index (Phi) is 5.58. The fourth-order valence-electron chi connectivity index (χ4n) is 4.49. The van der Waals surface area contributed by atoms with E-state index in [1.165, 1.54) is 30.5 Å². The highest BCUT2D eigenvalue weighted by molar-refractivity contribution is 7.91. The number of aryl methyl sites for hydroxylation is 1. The maximum Gasteiger partial charge on any atom is 0.153 e. The largest absolute Gasteiger partial charge is 0.382 e. The van der Waals surface area contributed by atoms with Crippen LogP contribution in [0.25, 0.3) is 0 Å². The molecule has 150 valence electrons. The molecule has 2 atom stereocenters. The van der Waals surface area contributed by atoms with E-state index in [0.29, 0.717) is 25.0 Å². The first kappa shape index (κ1) is 19.2. The van der Waals surface area contributed by atoms with Crippen molar-refractivity contribution in [2.24, 2.45) is 0 Å². The first-order valence-electron chi connectivity index (χ1n) is 10.2. The van der Waals surface area contributed by atoms with Gasteiger partial charge in [-0.25, -0.2) is 8.42 Å². The fraction of sp³-hybridized carbons (Fsp3) is 0.500. The van der Waals surface area contributed by atoms with Gasteiger partial charge in [0.1, 0.15) is 0 Å². The second-order valence-corrected chi connectivity index (χ2v) is 10.4. The monoisotopic (exact) mass is 399 g/mol. The van der Waals surface area contributed by atoms with Crippen LogP contribution < -0.4 is 10.2 Å². The number of benzene rings is 1. The molecular weight excluding hydrogens is 370 g/mol. The fourth-order valence-corrected chi connectivity index (χ4v) is 5.69. The summed E-state index contributed by atoms with van der Waals surface area (Å²) in [5, 5.41) is 3.72. The molecule has 0 bridgehead atoms. The van der Waals surface area contributed by atoms with Gasteiger partial charge in [0.15, 0.2) is 9.84 Å². The molecule has 0 spiro atoms. The third-order valence-corrected chi connectivity index (χ3v) is 7.65. The molecule has 28 heavy (non-hydrogen) atoms. The summed E-state index contributed by atoms with van der Waals surface area (Å²) in [5.41, 5.74) is 4.76. The molecule has 1 aromatic heterocycles. The molecule has 1 saturated heterocycles. The van der Waals surface area contributed by atoms with Gasteiger partial charge >= 0.3 is 0 Å². The molecule has 2 unspecified atom stereocenters. The number of aromatic nitrogens is 1. The maximum absolute atomic E-state index is 11.7. The summed E-state index contributed by atoms with van der Waals surface area (Å²) in [6.45, 7) is 3.31. The SMILES string of the molecule is Cc1cccnc1C1CCCC(Nc2cccc(N3CCS(=O)(=O)CC3)c2)C1. The average molecular weight is 400 g/mol. The van der Waals surface area contributed by atoms with Gasteiger partial charge in [0, 0.05) is 48.3 Å². The molecule has 2 heterocycles. The van der Waals surface area contributed by atoms with E-state index in [9.17, 15) is 8.42 Å². The van der Waals surface area contributed by atoms with E-state index in [2.05, 4.69) is 52.5 Å². The summed E-state index contributed by atoms with van der Waals surface area (Å²) in [5.74, 6) is 1.01. The molecule has 0 radical (unpaired) electrons. The highest BCUT2D eigenvalue weighted by atomic mass is 32.2. The first-order chi connectivity index (χ1) is 13.5. The molecule has 1 saturated carbocycles. The molecule has 1 aliphatic heterocycles. The Labute approximate surface area is 168 Å². The van der Waals surface area contributed by atoms with Gasteiger partial charge in [-0.15, -0.1) is 0 Å². The van der Waals surface area contributed by atoms with E-state index in [0.717, 1.165) is 17.8 Å². The minimum Gasteiger partial charge on any atom is -0.382 e. The number of sulfone groups is 1. The zero-order chi connectivity index (χ0) is 19.6. The molecule has 2 aromatic rings. The quantitative estimate of drug-likeness (QED) is 0.848. The van der Waals surface area contributed by atoms with E-state index in [-0.39, 0.29) is 11.5 Å². The Morgan fingerprint density at radius 3 is 2.71 bits per heavy atom. The highest BCUT2D eigenvalue weighted by Crippen LogP contribution is 2.35. The van der Waals surface area contributed by atoms with Crippen LogP contribution in [0.1, 0.15) is 42.9 Å². The van der Waals surface area contributed by atoms with E-state index in [1.54, 1.807) is 0 Å². The number of rotatable bonds is 4. The van der Waals surface area contributed by atoms with Crippen molar-refractivity contribution in [2.45, 2.75) is 44.6 Å². The maximum atomic E-state index is 11.7. The predicted octanol–water partition coefficient (Wildman–Crippen LogP) is 3.76. The van der Waals surface area contributed by atoms with E-state index in [4.69, 9.17) is 0 Å². The molecule has 5 nitrogen and oxygen atoms in total. The Balaban J connectivity index is 1.42. The second kappa shape index (κ2) is 8.11. The smallest absolute Gasteiger partial charge is 0.153 e. The van der Waals surface area contributed by atoms with Crippen LogP contribution in [0.15, 0.2) is 42.6 Å². The van der Waals surface area contributed by atoms with Crippen molar-refractivity contribution in [2.75, 3.05) is 34.8 Å². The van der Waals surface area contributed by atoms with Crippen LogP contribution in [-0.2, 0) is 9.84 Å². The Morgan fingerprint density at radius 2 is 1.93 bits per heavy atom. The van der Waals surface area contributed by atoms with Gasteiger partial charge in [-0.3, -0.25) is 4.98 Å². The number of nitrogens with zero attached hydrogens (tertiary/aromatic N) is 2. The molecular formula is C22H29N3O2S. The van der Waals surface area contributed by atoms with E-state index in [1.807, 2.05) is 12.3 Å². The van der Waals surface area contributed by atoms with Crippen LogP contribution in [0.4, 0.5) is 11.4 Å². The van der Waals surface area contributed by atoms with Crippen LogP contribution in [0.3, 0.4) is 0 Å². The van der Waals surface area contributed by atoms with Gasteiger partial charge in [-0.1, -0.05) is 18.6 Å². The van der Waals surface area contributed by atoms with Gasteiger partial charge in [0.05, 0.1) is 11.5 Å². The molecule has 0 amide bonds. The highest BCUT2D eigenvalue weighted by Gasteiger charge is 2.26. The number of hydrogen-bond acceptors (Lipinski definition) is 5. The van der Waals surface area contributed by atoms with E-state index < -0.39 is 9.84 Å². The van der Waals surface area contributed by atoms with Crippen molar-refractivity contribution in [3.63, 3.8) is 0 Å². The van der Waals surface area contributed by atoms with Crippen LogP contribution in [-0.4, -0.2) is 44.0 Å². The third kappa shape index (κ3) is 4.49. The second-order valence-electron chi connectivity index (χ2n) is 8.10. The first-order valence-corrected chi connectivity index (χ1v) is 12.1. The van der Waals surface area contributed by atoms with Crippen molar-refractivity contribution in [1.82, 2.24) is 4.98 Å². The minimum absolute atomic E-state index is 0.248. The van der Waals surface area contributed by atoms with Gasteiger partial charge < -0.3 is 10.2 Å². The standard InChI is InChI=1S/C22H29N3O2S/c1-17-5-4-10-23-22(17)18-6-2-7-19(15-18)24-20-8-3-9-21(16-20)25-11-13-28(26,27)14-12-25/h3-5,8-10,16,18-19,24H,2,6-7,11-15H2,1H3. The Bertz CT molecular complexity index is 915. The lowest BCUT2D eigenvalue weighted by Crippen LogP contribution is -2.40. The van der Waals surface area contributed by atoms with Gasteiger partial charge in [-0.05, 0) is 56.0 Å². The summed E-state index contributed by atoms with van der Waals surface area (Å²) in [4.78, 5) is 6.82. The molecule has 6 heteroatoms. The van der Waals surface area contributed by atoms with Crippen LogP contribution >= 0.6 is 0 Å². The van der Waals surface area contributed by atoms with Crippen molar-refractivity contribution in [1.29, 1.82) is 0 Å². The number of pyridine rings is 1. The topological polar surface area (TPSA) is 62.3 Å². The molecule has 2 fully saturated rings. The summed E-state index contributed by atoms with van der Waals surface area (Å²) in [6.07, 6.45) is 6.60. The Morgan fingerprint density at radius 1 is 1.11 bits per heavy atom. The number of nitrogens with one attached hydrogen (secondary N) is 1. The van der Waals surface area contributed by atoms with Crippen molar-refractivity contribution in [3.8, 4) is 0 Å². The third-order valence-electron chi connectivity index (χ3n) is 6.04. The normalized spacial score (nSPS) is 24.7. The minimum atomic E-state index is -2.86. The average Bonchev–Trinajstić information content (AvgIpc) is 2.69. The molecule has 1 aromatic carbocycles. The van der Waals surface area contributed by atoms with Gasteiger partial charge in [-0.2, -0.15) is 0 Å². The van der Waals surface area contributed by atoms with Crippen LogP contribution in [0, 0.1) is 6.92 Å². The summed E-state index contributed by atoms with van der Waals surface area (Å²) >= 11 is 0. The lowest BCUT2D eigenvalue weighted by atomic mass is 9.82. The molecule has 1 N–H and O–H groups in total. The molecule has 2 aliphatic rings. The summed E-state index contributed by atoms with van der Waals surface area (Å²) in [7, 11) is -2.86. The van der Waals surface area contributed by atoms with Crippen molar-refractivity contribution >= 4 is 21.2 Å². The van der Waals surface area contributed by atoms with E-state index >= 15 is 0 Å². The summed E-state index contributed by atoms with van der Waals surface area (Å²) in [6, 6.07) is 13.0. The number of hydrogen-bond donors (Lipinski definition) is 1. The van der Waals surface area contributed by atoms with Gasteiger partial charge in [0.25, 0.3) is 0 Å². The van der Waals surface area contributed by atoms with Gasteiger partial charge in [0.2, 0.25) is 0 Å².